The first-order chi connectivity index (χ1) is 7.29. The summed E-state index contributed by atoms with van der Waals surface area (Å²) in [6.45, 7) is 10.8. The van der Waals surface area contributed by atoms with Crippen LogP contribution in [0.1, 0.15) is 26.7 Å². The van der Waals surface area contributed by atoms with Gasteiger partial charge in [0.1, 0.15) is 0 Å². The summed E-state index contributed by atoms with van der Waals surface area (Å²) in [5.41, 5.74) is 0. The lowest BCUT2D eigenvalue weighted by Gasteiger charge is -2.25. The quantitative estimate of drug-likeness (QED) is 0.674. The Kier molecular flexibility index (Phi) is 7.49. The van der Waals surface area contributed by atoms with Crippen molar-refractivity contribution >= 4 is 11.8 Å². The summed E-state index contributed by atoms with van der Waals surface area (Å²) in [5.74, 6) is 3.46. The van der Waals surface area contributed by atoms with Crippen LogP contribution >= 0.6 is 11.8 Å². The highest BCUT2D eigenvalue weighted by molar-refractivity contribution is 7.99. The average Bonchev–Trinajstić information content (AvgIpc) is 2.24. The molecular formula is C12H26N2S. The fourth-order valence-corrected chi connectivity index (χ4v) is 2.78. The second-order valence-corrected chi connectivity index (χ2v) is 5.98. The fourth-order valence-electron chi connectivity index (χ4n) is 1.80. The summed E-state index contributed by atoms with van der Waals surface area (Å²) in [4.78, 5) is 2.61. The Bertz CT molecular complexity index is 145. The number of rotatable bonds is 7. The lowest BCUT2D eigenvalue weighted by molar-refractivity contribution is 0.295. The van der Waals surface area contributed by atoms with E-state index in [2.05, 4.69) is 35.8 Å². The second kappa shape index (κ2) is 8.43. The molecule has 3 heteroatoms. The molecule has 0 radical (unpaired) electrons. The molecule has 1 saturated heterocycles. The molecule has 0 spiro atoms. The van der Waals surface area contributed by atoms with Gasteiger partial charge in [0.05, 0.1) is 0 Å². The second-order valence-electron chi connectivity index (χ2n) is 4.76. The summed E-state index contributed by atoms with van der Waals surface area (Å²) in [6.07, 6.45) is 2.69. The smallest absolute Gasteiger partial charge is 0.00727 e. The van der Waals surface area contributed by atoms with E-state index in [0.29, 0.717) is 0 Å². The van der Waals surface area contributed by atoms with Crippen molar-refractivity contribution in [1.82, 2.24) is 10.2 Å². The minimum Gasteiger partial charge on any atom is -0.316 e. The van der Waals surface area contributed by atoms with Crippen molar-refractivity contribution in [3.8, 4) is 0 Å². The number of nitrogens with one attached hydrogen (secondary N) is 1. The summed E-state index contributed by atoms with van der Waals surface area (Å²) < 4.78 is 0. The highest BCUT2D eigenvalue weighted by Crippen LogP contribution is 2.09. The first kappa shape index (κ1) is 13.3. The topological polar surface area (TPSA) is 15.3 Å². The molecule has 0 aromatic carbocycles. The van der Waals surface area contributed by atoms with Crippen LogP contribution in [0.25, 0.3) is 0 Å². The number of unbranched alkanes of at least 4 members (excludes halogenated alkanes) is 1. The number of thioether (sulfide) groups is 1. The highest BCUT2D eigenvalue weighted by Gasteiger charge is 2.08. The van der Waals surface area contributed by atoms with Crippen LogP contribution < -0.4 is 5.32 Å². The molecule has 0 aliphatic carbocycles. The third-order valence-corrected chi connectivity index (χ3v) is 3.68. The summed E-state index contributed by atoms with van der Waals surface area (Å²) >= 11 is 2.10. The normalized spacial score (nSPS) is 18.6. The van der Waals surface area contributed by atoms with E-state index in [1.807, 2.05) is 0 Å². The van der Waals surface area contributed by atoms with Crippen molar-refractivity contribution < 1.29 is 0 Å². The van der Waals surface area contributed by atoms with Gasteiger partial charge in [-0.2, -0.15) is 11.8 Å². The summed E-state index contributed by atoms with van der Waals surface area (Å²) in [5, 5.41) is 3.50. The van der Waals surface area contributed by atoms with Gasteiger partial charge in [-0.05, 0) is 38.4 Å². The van der Waals surface area contributed by atoms with Gasteiger partial charge >= 0.3 is 0 Å². The van der Waals surface area contributed by atoms with Gasteiger partial charge in [-0.1, -0.05) is 13.8 Å². The van der Waals surface area contributed by atoms with Crippen LogP contribution in [-0.2, 0) is 0 Å². The van der Waals surface area contributed by atoms with Gasteiger partial charge in [0.2, 0.25) is 0 Å². The lowest BCUT2D eigenvalue weighted by Crippen LogP contribution is -2.33. The molecule has 1 rings (SSSR count). The largest absolute Gasteiger partial charge is 0.316 e. The zero-order valence-corrected chi connectivity index (χ0v) is 11.1. The molecule has 2 nitrogen and oxygen atoms in total. The molecule has 0 amide bonds. The molecule has 1 aliphatic rings. The molecule has 0 bridgehead atoms. The van der Waals surface area contributed by atoms with Crippen molar-refractivity contribution in [2.75, 3.05) is 44.2 Å². The minimum atomic E-state index is 0.782. The average molecular weight is 230 g/mol. The predicted octanol–water partition coefficient (Wildman–Crippen LogP) is 2.06. The highest BCUT2D eigenvalue weighted by atomic mass is 32.2. The zero-order chi connectivity index (χ0) is 10.9. The van der Waals surface area contributed by atoms with Crippen molar-refractivity contribution in [2.24, 2.45) is 5.92 Å². The third kappa shape index (κ3) is 7.20. The van der Waals surface area contributed by atoms with Crippen LogP contribution in [0.4, 0.5) is 0 Å². The van der Waals surface area contributed by atoms with Gasteiger partial charge in [-0.3, -0.25) is 0 Å². The van der Waals surface area contributed by atoms with E-state index < -0.39 is 0 Å². The molecule has 0 aromatic rings. The predicted molar refractivity (Wildman–Crippen MR) is 70.7 cm³/mol. The standard InChI is InChI=1S/C12H26N2S/c1-12(2)11-13-5-3-4-6-14-7-9-15-10-8-14/h12-13H,3-11H2,1-2H3. The van der Waals surface area contributed by atoms with Crippen LogP contribution in [0.15, 0.2) is 0 Å². The molecular weight excluding hydrogens is 204 g/mol. The maximum absolute atomic E-state index is 3.50. The maximum atomic E-state index is 3.50. The van der Waals surface area contributed by atoms with Crippen LogP contribution in [-0.4, -0.2) is 49.1 Å². The van der Waals surface area contributed by atoms with E-state index in [9.17, 15) is 0 Å². The van der Waals surface area contributed by atoms with Crippen LogP contribution in [0.5, 0.6) is 0 Å². The SMILES string of the molecule is CC(C)CNCCCCN1CCSCC1. The van der Waals surface area contributed by atoms with Gasteiger partial charge in [0, 0.05) is 24.6 Å². The Morgan fingerprint density at radius 2 is 1.93 bits per heavy atom. The Balaban J connectivity index is 1.83. The van der Waals surface area contributed by atoms with Gasteiger partial charge in [-0.15, -0.1) is 0 Å². The molecule has 1 N–H and O–H groups in total. The van der Waals surface area contributed by atoms with Crippen molar-refractivity contribution in [3.63, 3.8) is 0 Å². The van der Waals surface area contributed by atoms with Gasteiger partial charge in [0.15, 0.2) is 0 Å². The summed E-state index contributed by atoms with van der Waals surface area (Å²) in [7, 11) is 0. The molecule has 0 saturated carbocycles. The number of hydrogen-bond donors (Lipinski definition) is 1. The van der Waals surface area contributed by atoms with E-state index in [-0.39, 0.29) is 0 Å². The number of hydrogen-bond acceptors (Lipinski definition) is 3. The molecule has 0 atom stereocenters. The van der Waals surface area contributed by atoms with Crippen LogP contribution in [0.3, 0.4) is 0 Å². The van der Waals surface area contributed by atoms with E-state index in [1.54, 1.807) is 0 Å². The van der Waals surface area contributed by atoms with Gasteiger partial charge in [0.25, 0.3) is 0 Å². The maximum Gasteiger partial charge on any atom is 0.00727 e. The molecule has 1 heterocycles. The van der Waals surface area contributed by atoms with Crippen molar-refractivity contribution in [2.45, 2.75) is 26.7 Å². The molecule has 1 fully saturated rings. The first-order valence-electron chi connectivity index (χ1n) is 6.30. The zero-order valence-electron chi connectivity index (χ0n) is 10.3. The third-order valence-electron chi connectivity index (χ3n) is 2.73. The van der Waals surface area contributed by atoms with Crippen LogP contribution in [0, 0.1) is 5.92 Å². The minimum absolute atomic E-state index is 0.782. The van der Waals surface area contributed by atoms with Gasteiger partial charge in [-0.25, -0.2) is 0 Å². The monoisotopic (exact) mass is 230 g/mol. The Hall–Kier alpha value is 0.270. The fraction of sp³-hybridized carbons (Fsp3) is 1.00. The van der Waals surface area contributed by atoms with Crippen LogP contribution in [0.2, 0.25) is 0 Å². The first-order valence-corrected chi connectivity index (χ1v) is 7.45. The van der Waals surface area contributed by atoms with E-state index >= 15 is 0 Å². The number of nitrogens with zero attached hydrogens (tertiary/aromatic N) is 1. The molecule has 1 aliphatic heterocycles. The van der Waals surface area contributed by atoms with Gasteiger partial charge < -0.3 is 10.2 Å². The Labute approximate surface area is 99.2 Å². The van der Waals surface area contributed by atoms with E-state index in [1.165, 1.54) is 57.1 Å². The summed E-state index contributed by atoms with van der Waals surface area (Å²) in [6, 6.07) is 0. The van der Waals surface area contributed by atoms with Crippen molar-refractivity contribution in [3.05, 3.63) is 0 Å². The van der Waals surface area contributed by atoms with Crippen molar-refractivity contribution in [1.29, 1.82) is 0 Å². The molecule has 0 unspecified atom stereocenters. The molecule has 15 heavy (non-hydrogen) atoms. The van der Waals surface area contributed by atoms with E-state index in [0.717, 1.165) is 5.92 Å². The Morgan fingerprint density at radius 1 is 1.20 bits per heavy atom. The molecule has 0 aromatic heterocycles. The Morgan fingerprint density at radius 3 is 2.60 bits per heavy atom. The molecule has 90 valence electrons. The lowest BCUT2D eigenvalue weighted by atomic mass is 10.2. The van der Waals surface area contributed by atoms with E-state index in [4.69, 9.17) is 0 Å².